The molecule has 3 aromatic rings. The summed E-state index contributed by atoms with van der Waals surface area (Å²) in [6.45, 7) is 2.05. The molecule has 0 bridgehead atoms. The Morgan fingerprint density at radius 3 is 2.67 bits per heavy atom. The zero-order valence-corrected chi connectivity index (χ0v) is 13.0. The van der Waals surface area contributed by atoms with Gasteiger partial charge in [-0.1, -0.05) is 6.07 Å². The SMILES string of the molecule is CCOC(=O)Cc1nc2ccccn2c1-c1ccc([N+](=O)[O-])cc1. The van der Waals surface area contributed by atoms with Gasteiger partial charge in [0, 0.05) is 23.9 Å². The number of non-ortho nitro benzene ring substituents is 1. The molecule has 0 unspecified atom stereocenters. The highest BCUT2D eigenvalue weighted by Gasteiger charge is 2.18. The predicted molar refractivity (Wildman–Crippen MR) is 87.6 cm³/mol. The number of nitro groups is 1. The summed E-state index contributed by atoms with van der Waals surface area (Å²) in [5, 5.41) is 10.8. The molecule has 3 rings (SSSR count). The minimum atomic E-state index is -0.447. The molecule has 0 aliphatic rings. The summed E-state index contributed by atoms with van der Waals surface area (Å²) < 4.78 is 6.86. The molecule has 0 atom stereocenters. The molecule has 0 N–H and O–H groups in total. The molecule has 0 aliphatic heterocycles. The highest BCUT2D eigenvalue weighted by Crippen LogP contribution is 2.27. The zero-order valence-electron chi connectivity index (χ0n) is 13.0. The van der Waals surface area contributed by atoms with E-state index in [0.717, 1.165) is 11.3 Å². The van der Waals surface area contributed by atoms with E-state index in [-0.39, 0.29) is 18.1 Å². The second-order valence-corrected chi connectivity index (χ2v) is 5.12. The summed E-state index contributed by atoms with van der Waals surface area (Å²) >= 11 is 0. The first-order chi connectivity index (χ1) is 11.6. The monoisotopic (exact) mass is 325 g/mol. The predicted octanol–water partition coefficient (Wildman–Crippen LogP) is 3.02. The Labute approximate surface area is 137 Å². The van der Waals surface area contributed by atoms with E-state index >= 15 is 0 Å². The van der Waals surface area contributed by atoms with Crippen molar-refractivity contribution < 1.29 is 14.5 Å². The molecule has 0 saturated heterocycles. The number of nitrogens with zero attached hydrogens (tertiary/aromatic N) is 3. The van der Waals surface area contributed by atoms with Crippen LogP contribution in [0, 0.1) is 10.1 Å². The van der Waals surface area contributed by atoms with Crippen LogP contribution in [0.5, 0.6) is 0 Å². The molecule has 0 amide bonds. The number of carbonyl (C=O) groups is 1. The maximum atomic E-state index is 11.9. The van der Waals surface area contributed by atoms with Gasteiger partial charge in [-0.15, -0.1) is 0 Å². The molecule has 1 aromatic carbocycles. The fourth-order valence-electron chi connectivity index (χ4n) is 2.56. The number of fused-ring (bicyclic) bond motifs is 1. The number of nitro benzene ring substituents is 1. The van der Waals surface area contributed by atoms with Gasteiger partial charge in [0.15, 0.2) is 0 Å². The number of aromatic nitrogens is 2. The van der Waals surface area contributed by atoms with Gasteiger partial charge in [-0.25, -0.2) is 4.98 Å². The number of pyridine rings is 1. The van der Waals surface area contributed by atoms with Crippen molar-refractivity contribution in [2.75, 3.05) is 6.61 Å². The Kier molecular flexibility index (Phi) is 4.24. The van der Waals surface area contributed by atoms with Crippen LogP contribution in [0.1, 0.15) is 12.6 Å². The third-order valence-electron chi connectivity index (χ3n) is 3.57. The Morgan fingerprint density at radius 1 is 1.25 bits per heavy atom. The minimum absolute atomic E-state index is 0.0134. The molecular formula is C17H15N3O4. The molecule has 0 spiro atoms. The first kappa shape index (κ1) is 15.7. The Bertz CT molecular complexity index is 900. The lowest BCUT2D eigenvalue weighted by Gasteiger charge is -2.05. The maximum absolute atomic E-state index is 11.9. The van der Waals surface area contributed by atoms with Crippen LogP contribution in [-0.4, -0.2) is 26.9 Å². The van der Waals surface area contributed by atoms with E-state index in [9.17, 15) is 14.9 Å². The number of carbonyl (C=O) groups excluding carboxylic acids is 1. The third kappa shape index (κ3) is 2.96. The van der Waals surface area contributed by atoms with Gasteiger partial charge in [-0.05, 0) is 31.2 Å². The summed E-state index contributed by atoms with van der Waals surface area (Å²) in [6.07, 6.45) is 1.88. The summed E-state index contributed by atoms with van der Waals surface area (Å²) in [4.78, 5) is 26.7. The van der Waals surface area contributed by atoms with Crippen molar-refractivity contribution in [3.05, 3.63) is 64.5 Å². The van der Waals surface area contributed by atoms with Crippen molar-refractivity contribution in [1.29, 1.82) is 0 Å². The van der Waals surface area contributed by atoms with Crippen LogP contribution < -0.4 is 0 Å². The number of imidazole rings is 1. The van der Waals surface area contributed by atoms with E-state index in [1.807, 2.05) is 28.8 Å². The van der Waals surface area contributed by atoms with Gasteiger partial charge in [0.1, 0.15) is 5.65 Å². The topological polar surface area (TPSA) is 86.7 Å². The molecule has 7 nitrogen and oxygen atoms in total. The number of rotatable bonds is 5. The molecule has 0 fully saturated rings. The van der Waals surface area contributed by atoms with Crippen molar-refractivity contribution in [1.82, 2.24) is 9.38 Å². The molecular weight excluding hydrogens is 310 g/mol. The number of benzene rings is 1. The summed E-state index contributed by atoms with van der Waals surface area (Å²) in [5.41, 5.74) is 2.77. The van der Waals surface area contributed by atoms with E-state index < -0.39 is 4.92 Å². The first-order valence-corrected chi connectivity index (χ1v) is 7.46. The van der Waals surface area contributed by atoms with E-state index in [1.54, 1.807) is 19.1 Å². The van der Waals surface area contributed by atoms with E-state index in [4.69, 9.17) is 4.74 Å². The van der Waals surface area contributed by atoms with Gasteiger partial charge in [0.2, 0.25) is 0 Å². The lowest BCUT2D eigenvalue weighted by Crippen LogP contribution is -2.08. The average Bonchev–Trinajstić information content (AvgIpc) is 2.92. The Balaban J connectivity index is 2.10. The van der Waals surface area contributed by atoms with Crippen LogP contribution in [0.25, 0.3) is 16.9 Å². The summed E-state index contributed by atoms with van der Waals surface area (Å²) in [7, 11) is 0. The van der Waals surface area contributed by atoms with E-state index in [1.165, 1.54) is 12.1 Å². The molecule has 2 heterocycles. The molecule has 24 heavy (non-hydrogen) atoms. The zero-order chi connectivity index (χ0) is 17.1. The minimum Gasteiger partial charge on any atom is -0.466 e. The molecule has 2 aromatic heterocycles. The highest BCUT2D eigenvalue weighted by atomic mass is 16.6. The average molecular weight is 325 g/mol. The van der Waals surface area contributed by atoms with Crippen molar-refractivity contribution in [3.8, 4) is 11.3 Å². The van der Waals surface area contributed by atoms with Gasteiger partial charge in [-0.3, -0.25) is 19.3 Å². The van der Waals surface area contributed by atoms with Crippen LogP contribution in [0.3, 0.4) is 0 Å². The number of hydrogen-bond donors (Lipinski definition) is 0. The van der Waals surface area contributed by atoms with Crippen molar-refractivity contribution in [2.45, 2.75) is 13.3 Å². The Morgan fingerprint density at radius 2 is 2.00 bits per heavy atom. The van der Waals surface area contributed by atoms with Crippen LogP contribution in [-0.2, 0) is 16.0 Å². The molecule has 7 heteroatoms. The maximum Gasteiger partial charge on any atom is 0.311 e. The first-order valence-electron chi connectivity index (χ1n) is 7.46. The van der Waals surface area contributed by atoms with E-state index in [0.29, 0.717) is 17.9 Å². The van der Waals surface area contributed by atoms with Crippen LogP contribution in [0.15, 0.2) is 48.7 Å². The lowest BCUT2D eigenvalue weighted by molar-refractivity contribution is -0.384. The smallest absolute Gasteiger partial charge is 0.311 e. The standard InChI is InChI=1S/C17H15N3O4/c1-2-24-16(21)11-14-17(19-10-4-3-5-15(19)18-14)12-6-8-13(9-7-12)20(22)23/h3-10H,2,11H2,1H3. The van der Waals surface area contributed by atoms with Gasteiger partial charge >= 0.3 is 5.97 Å². The normalized spacial score (nSPS) is 10.7. The second kappa shape index (κ2) is 6.49. The molecule has 0 radical (unpaired) electrons. The number of ether oxygens (including phenoxy) is 1. The van der Waals surface area contributed by atoms with Gasteiger partial charge in [-0.2, -0.15) is 0 Å². The van der Waals surface area contributed by atoms with Crippen LogP contribution in [0.4, 0.5) is 5.69 Å². The number of hydrogen-bond acceptors (Lipinski definition) is 5. The van der Waals surface area contributed by atoms with Crippen molar-refractivity contribution in [2.24, 2.45) is 0 Å². The summed E-state index contributed by atoms with van der Waals surface area (Å²) in [6, 6.07) is 11.7. The van der Waals surface area contributed by atoms with Crippen molar-refractivity contribution in [3.63, 3.8) is 0 Å². The fraction of sp³-hybridized carbons (Fsp3) is 0.176. The summed E-state index contributed by atoms with van der Waals surface area (Å²) in [5.74, 6) is -0.357. The fourth-order valence-corrected chi connectivity index (χ4v) is 2.56. The second-order valence-electron chi connectivity index (χ2n) is 5.12. The van der Waals surface area contributed by atoms with E-state index in [2.05, 4.69) is 4.98 Å². The largest absolute Gasteiger partial charge is 0.466 e. The van der Waals surface area contributed by atoms with Gasteiger partial charge < -0.3 is 4.74 Å². The lowest BCUT2D eigenvalue weighted by atomic mass is 10.1. The van der Waals surface area contributed by atoms with Gasteiger partial charge in [0.25, 0.3) is 5.69 Å². The molecule has 0 aliphatic carbocycles. The molecule has 122 valence electrons. The highest BCUT2D eigenvalue weighted by molar-refractivity contribution is 5.77. The quantitative estimate of drug-likeness (QED) is 0.409. The van der Waals surface area contributed by atoms with Crippen LogP contribution >= 0.6 is 0 Å². The molecule has 0 saturated carbocycles. The third-order valence-corrected chi connectivity index (χ3v) is 3.57. The van der Waals surface area contributed by atoms with Crippen LogP contribution in [0.2, 0.25) is 0 Å². The number of esters is 1. The van der Waals surface area contributed by atoms with Crippen molar-refractivity contribution >= 4 is 17.3 Å². The van der Waals surface area contributed by atoms with Gasteiger partial charge in [0.05, 0.1) is 29.3 Å². The Hall–Kier alpha value is -3.22.